The molecule has 0 radical (unpaired) electrons. The third kappa shape index (κ3) is 2.87. The van der Waals surface area contributed by atoms with E-state index in [4.69, 9.17) is 0 Å². The van der Waals surface area contributed by atoms with E-state index in [1.807, 2.05) is 24.5 Å². The van der Waals surface area contributed by atoms with Crippen molar-refractivity contribution in [2.75, 3.05) is 12.0 Å². The molecule has 0 fully saturated rings. The van der Waals surface area contributed by atoms with Gasteiger partial charge in [0.05, 0.1) is 17.1 Å². The second kappa shape index (κ2) is 6.25. The molecule has 4 heteroatoms. The zero-order valence-electron chi connectivity index (χ0n) is 11.0. The zero-order chi connectivity index (χ0) is 13.0. The molecule has 1 aromatic heterocycles. The first-order valence-corrected chi connectivity index (χ1v) is 7.76. The molecule has 0 spiro atoms. The topological polar surface area (TPSA) is 38.0 Å². The predicted molar refractivity (Wildman–Crippen MR) is 78.1 cm³/mol. The summed E-state index contributed by atoms with van der Waals surface area (Å²) >= 11 is 1.67. The minimum absolute atomic E-state index is 0.313. The van der Waals surface area contributed by atoms with Gasteiger partial charge in [-0.15, -0.1) is 0 Å². The Morgan fingerprint density at radius 2 is 2.17 bits per heavy atom. The number of aliphatic hydroxyl groups excluding tert-OH is 1. The van der Waals surface area contributed by atoms with Crippen molar-refractivity contribution in [3.05, 3.63) is 30.1 Å². The Kier molecular flexibility index (Phi) is 4.66. The van der Waals surface area contributed by atoms with Crippen molar-refractivity contribution in [1.82, 2.24) is 9.55 Å². The molecule has 2 aromatic rings. The van der Waals surface area contributed by atoms with Gasteiger partial charge in [0.25, 0.3) is 0 Å². The van der Waals surface area contributed by atoms with Crippen LogP contribution in [0.15, 0.2) is 24.3 Å². The highest BCUT2D eigenvalue weighted by Gasteiger charge is 2.13. The maximum atomic E-state index is 9.95. The number of para-hydroxylation sites is 2. The highest BCUT2D eigenvalue weighted by molar-refractivity contribution is 7.98. The van der Waals surface area contributed by atoms with Crippen molar-refractivity contribution in [3.8, 4) is 0 Å². The van der Waals surface area contributed by atoms with Crippen LogP contribution >= 0.6 is 11.8 Å². The van der Waals surface area contributed by atoms with E-state index in [-0.39, 0.29) is 6.10 Å². The number of thioether (sulfide) groups is 1. The fourth-order valence-corrected chi connectivity index (χ4v) is 2.72. The lowest BCUT2D eigenvalue weighted by molar-refractivity contribution is 0.196. The number of aliphatic hydroxyl groups is 1. The Morgan fingerprint density at radius 1 is 1.39 bits per heavy atom. The van der Waals surface area contributed by atoms with E-state index >= 15 is 0 Å². The molecule has 3 nitrogen and oxygen atoms in total. The van der Waals surface area contributed by atoms with Gasteiger partial charge in [-0.2, -0.15) is 11.8 Å². The van der Waals surface area contributed by atoms with Crippen molar-refractivity contribution in [2.45, 2.75) is 32.4 Å². The van der Waals surface area contributed by atoms with Gasteiger partial charge in [0, 0.05) is 18.7 Å². The molecule has 2 rings (SSSR count). The lowest BCUT2D eigenvalue weighted by Gasteiger charge is -2.11. The van der Waals surface area contributed by atoms with Gasteiger partial charge in [-0.25, -0.2) is 4.98 Å². The first-order chi connectivity index (χ1) is 8.76. The first kappa shape index (κ1) is 13.4. The largest absolute Gasteiger partial charge is 0.392 e. The number of benzene rings is 1. The van der Waals surface area contributed by atoms with Crippen LogP contribution < -0.4 is 0 Å². The monoisotopic (exact) mass is 264 g/mol. The molecule has 0 saturated heterocycles. The molecule has 98 valence electrons. The second-order valence-electron chi connectivity index (χ2n) is 4.48. The van der Waals surface area contributed by atoms with Gasteiger partial charge < -0.3 is 9.67 Å². The number of nitrogens with zero attached hydrogens (tertiary/aromatic N) is 2. The van der Waals surface area contributed by atoms with Crippen molar-refractivity contribution < 1.29 is 5.11 Å². The number of hydrogen-bond acceptors (Lipinski definition) is 3. The van der Waals surface area contributed by atoms with Gasteiger partial charge in [-0.1, -0.05) is 19.1 Å². The van der Waals surface area contributed by atoms with Gasteiger partial charge in [-0.3, -0.25) is 0 Å². The number of fused-ring (bicyclic) bond motifs is 1. The van der Waals surface area contributed by atoms with E-state index < -0.39 is 0 Å². The van der Waals surface area contributed by atoms with Crippen LogP contribution in [-0.2, 0) is 13.0 Å². The molecule has 0 saturated carbocycles. The Balaban J connectivity index is 2.33. The molecule has 0 aliphatic heterocycles. The summed E-state index contributed by atoms with van der Waals surface area (Å²) in [6.45, 7) is 3.12. The number of aryl methyl sites for hydroxylation is 1. The second-order valence-corrected chi connectivity index (χ2v) is 5.39. The third-order valence-corrected chi connectivity index (χ3v) is 3.68. The van der Waals surface area contributed by atoms with Crippen LogP contribution in [-0.4, -0.2) is 32.8 Å². The lowest BCUT2D eigenvalue weighted by atomic mass is 10.2. The van der Waals surface area contributed by atoms with Crippen LogP contribution in [0.1, 0.15) is 19.2 Å². The van der Waals surface area contributed by atoms with E-state index in [1.165, 1.54) is 5.52 Å². The minimum Gasteiger partial charge on any atom is -0.392 e. The normalized spacial score (nSPS) is 13.1. The molecular formula is C14H20N2OS. The van der Waals surface area contributed by atoms with E-state index in [0.717, 1.165) is 30.1 Å². The van der Waals surface area contributed by atoms with Crippen molar-refractivity contribution >= 4 is 22.8 Å². The summed E-state index contributed by atoms with van der Waals surface area (Å²) in [5.41, 5.74) is 2.20. The maximum Gasteiger partial charge on any atom is 0.112 e. The van der Waals surface area contributed by atoms with Gasteiger partial charge >= 0.3 is 0 Å². The smallest absolute Gasteiger partial charge is 0.112 e. The average molecular weight is 264 g/mol. The average Bonchev–Trinajstić information content (AvgIpc) is 2.68. The number of rotatable bonds is 6. The Bertz CT molecular complexity index is 509. The van der Waals surface area contributed by atoms with E-state index in [9.17, 15) is 5.11 Å². The summed E-state index contributed by atoms with van der Waals surface area (Å²) < 4.78 is 2.24. The molecule has 1 atom stereocenters. The quantitative estimate of drug-likeness (QED) is 0.872. The molecule has 0 amide bonds. The van der Waals surface area contributed by atoms with Crippen LogP contribution in [0.2, 0.25) is 0 Å². The zero-order valence-corrected chi connectivity index (χ0v) is 11.8. The van der Waals surface area contributed by atoms with Gasteiger partial charge in [0.2, 0.25) is 0 Å². The number of aromatic nitrogens is 2. The maximum absolute atomic E-state index is 9.95. The molecule has 18 heavy (non-hydrogen) atoms. The minimum atomic E-state index is -0.313. The summed E-state index contributed by atoms with van der Waals surface area (Å²) in [6.07, 6.45) is 3.41. The Labute approximate surface area is 112 Å². The van der Waals surface area contributed by atoms with Crippen molar-refractivity contribution in [2.24, 2.45) is 0 Å². The molecule has 1 aromatic carbocycles. The number of imidazole rings is 1. The molecule has 1 N–H and O–H groups in total. The lowest BCUT2D eigenvalue weighted by Crippen LogP contribution is -2.17. The predicted octanol–water partition coefficient (Wildman–Crippen LogP) is 2.71. The summed E-state index contributed by atoms with van der Waals surface area (Å²) in [6, 6.07) is 8.18. The van der Waals surface area contributed by atoms with Crippen LogP contribution in [0.5, 0.6) is 0 Å². The van der Waals surface area contributed by atoms with E-state index in [2.05, 4.69) is 22.5 Å². The summed E-state index contributed by atoms with van der Waals surface area (Å²) in [5.74, 6) is 1.76. The fraction of sp³-hybridized carbons (Fsp3) is 0.500. The summed E-state index contributed by atoms with van der Waals surface area (Å²) in [7, 11) is 0. The highest BCUT2D eigenvalue weighted by Crippen LogP contribution is 2.18. The van der Waals surface area contributed by atoms with E-state index in [1.54, 1.807) is 11.8 Å². The van der Waals surface area contributed by atoms with Crippen molar-refractivity contribution in [3.63, 3.8) is 0 Å². The van der Waals surface area contributed by atoms with Gasteiger partial charge in [0.15, 0.2) is 0 Å². The van der Waals surface area contributed by atoms with Crippen LogP contribution in [0.4, 0.5) is 0 Å². The molecule has 1 heterocycles. The molecule has 0 aliphatic rings. The van der Waals surface area contributed by atoms with Crippen molar-refractivity contribution in [1.29, 1.82) is 0 Å². The van der Waals surface area contributed by atoms with Gasteiger partial charge in [-0.05, 0) is 24.8 Å². The van der Waals surface area contributed by atoms with E-state index in [0.29, 0.717) is 6.42 Å². The third-order valence-electron chi connectivity index (χ3n) is 2.96. The molecule has 0 bridgehead atoms. The number of hydrogen-bond donors (Lipinski definition) is 1. The Hall–Kier alpha value is -1.00. The molecular weight excluding hydrogens is 244 g/mol. The highest BCUT2D eigenvalue weighted by atomic mass is 32.2. The summed E-state index contributed by atoms with van der Waals surface area (Å²) in [4.78, 5) is 4.65. The molecule has 0 aliphatic carbocycles. The van der Waals surface area contributed by atoms with Crippen LogP contribution in [0.25, 0.3) is 11.0 Å². The standard InChI is InChI=1S/C14H20N2OS/c1-3-8-16-13-7-5-4-6-12(13)15-14(16)9-11(17)10-18-2/h4-7,11,17H,3,8-10H2,1-2H3. The fourth-order valence-electron chi connectivity index (χ4n) is 2.22. The summed E-state index contributed by atoms with van der Waals surface area (Å²) in [5, 5.41) is 9.95. The molecule has 1 unspecified atom stereocenters. The van der Waals surface area contributed by atoms with Crippen LogP contribution in [0.3, 0.4) is 0 Å². The Morgan fingerprint density at radius 3 is 2.89 bits per heavy atom. The van der Waals surface area contributed by atoms with Crippen LogP contribution in [0, 0.1) is 0 Å². The first-order valence-electron chi connectivity index (χ1n) is 6.37. The SMILES string of the molecule is CCCn1c(CC(O)CSC)nc2ccccc21. The van der Waals surface area contributed by atoms with Gasteiger partial charge in [0.1, 0.15) is 5.82 Å².